The first-order chi connectivity index (χ1) is 9.95. The molecule has 5 heteroatoms. The topological polar surface area (TPSA) is 55.2 Å². The van der Waals surface area contributed by atoms with Gasteiger partial charge in [-0.1, -0.05) is 18.2 Å². The van der Waals surface area contributed by atoms with Crippen LogP contribution >= 0.6 is 0 Å². The van der Waals surface area contributed by atoms with Gasteiger partial charge in [0, 0.05) is 23.4 Å². The maximum atomic E-state index is 13.1. The second-order valence-corrected chi connectivity index (χ2v) is 5.14. The van der Waals surface area contributed by atoms with Crippen molar-refractivity contribution >= 4 is 11.4 Å². The Labute approximate surface area is 122 Å². The van der Waals surface area contributed by atoms with Crippen molar-refractivity contribution < 1.29 is 9.31 Å². The lowest BCUT2D eigenvalue weighted by molar-refractivity contribution is -0.385. The van der Waals surface area contributed by atoms with Gasteiger partial charge in [0.15, 0.2) is 0 Å². The molecule has 21 heavy (non-hydrogen) atoms. The summed E-state index contributed by atoms with van der Waals surface area (Å²) in [6, 6.07) is 11.5. The van der Waals surface area contributed by atoms with Gasteiger partial charge >= 0.3 is 0 Å². The van der Waals surface area contributed by atoms with Gasteiger partial charge in [0.05, 0.1) is 4.92 Å². The van der Waals surface area contributed by atoms with Gasteiger partial charge in [0.2, 0.25) is 0 Å². The molecule has 0 spiro atoms. The lowest BCUT2D eigenvalue weighted by Crippen LogP contribution is -2.18. The Hall–Kier alpha value is -2.43. The average molecular weight is 288 g/mol. The van der Waals surface area contributed by atoms with Gasteiger partial charge in [-0.05, 0) is 44.0 Å². The van der Waals surface area contributed by atoms with E-state index in [0.717, 1.165) is 5.56 Å². The van der Waals surface area contributed by atoms with Crippen molar-refractivity contribution in [1.29, 1.82) is 0 Å². The van der Waals surface area contributed by atoms with Crippen LogP contribution in [0.15, 0.2) is 42.5 Å². The molecular weight excluding hydrogens is 271 g/mol. The van der Waals surface area contributed by atoms with Crippen LogP contribution in [0, 0.1) is 22.9 Å². The van der Waals surface area contributed by atoms with E-state index in [9.17, 15) is 14.5 Å². The number of hydrogen-bond donors (Lipinski definition) is 1. The van der Waals surface area contributed by atoms with Crippen molar-refractivity contribution in [3.63, 3.8) is 0 Å². The van der Waals surface area contributed by atoms with Crippen LogP contribution in [-0.2, 0) is 6.42 Å². The molecule has 2 rings (SSSR count). The highest BCUT2D eigenvalue weighted by molar-refractivity contribution is 5.55. The Morgan fingerprint density at radius 1 is 1.29 bits per heavy atom. The molecular formula is C16H17FN2O2. The number of rotatable bonds is 5. The van der Waals surface area contributed by atoms with Crippen molar-refractivity contribution in [2.24, 2.45) is 0 Å². The molecule has 0 aliphatic carbocycles. The maximum absolute atomic E-state index is 13.1. The molecule has 0 aromatic heterocycles. The van der Waals surface area contributed by atoms with Gasteiger partial charge in [0.1, 0.15) is 5.82 Å². The minimum atomic E-state index is -0.391. The van der Waals surface area contributed by atoms with Gasteiger partial charge < -0.3 is 5.32 Å². The molecule has 0 radical (unpaired) electrons. The molecule has 0 fully saturated rings. The first-order valence-corrected chi connectivity index (χ1v) is 6.71. The first-order valence-electron chi connectivity index (χ1n) is 6.71. The van der Waals surface area contributed by atoms with Gasteiger partial charge in [0.25, 0.3) is 5.69 Å². The fraction of sp³-hybridized carbons (Fsp3) is 0.250. The summed E-state index contributed by atoms with van der Waals surface area (Å²) in [5.41, 5.74) is 2.30. The number of aryl methyl sites for hydroxylation is 1. The standard InChI is InChI=1S/C16H17FN2O2/c1-11-6-7-15(10-16(11)19(20)21)18-12(2)8-13-4-3-5-14(17)9-13/h3-7,9-10,12,18H,8H2,1-2H3. The Morgan fingerprint density at radius 3 is 2.71 bits per heavy atom. The van der Waals surface area contributed by atoms with E-state index in [2.05, 4.69) is 5.32 Å². The van der Waals surface area contributed by atoms with Crippen LogP contribution in [-0.4, -0.2) is 11.0 Å². The van der Waals surface area contributed by atoms with Crippen LogP contribution in [0.1, 0.15) is 18.1 Å². The van der Waals surface area contributed by atoms with E-state index >= 15 is 0 Å². The summed E-state index contributed by atoms with van der Waals surface area (Å²) >= 11 is 0. The zero-order valence-electron chi connectivity index (χ0n) is 12.0. The minimum absolute atomic E-state index is 0.0362. The molecule has 2 aromatic carbocycles. The molecule has 0 saturated heterocycles. The Kier molecular flexibility index (Phi) is 4.52. The number of anilines is 1. The van der Waals surface area contributed by atoms with Gasteiger partial charge in [-0.3, -0.25) is 10.1 Å². The summed E-state index contributed by atoms with van der Waals surface area (Å²) < 4.78 is 13.1. The van der Waals surface area contributed by atoms with Gasteiger partial charge in [-0.15, -0.1) is 0 Å². The molecule has 2 aromatic rings. The van der Waals surface area contributed by atoms with E-state index in [0.29, 0.717) is 17.7 Å². The predicted octanol–water partition coefficient (Wildman–Crippen LogP) is 4.09. The molecule has 0 saturated carbocycles. The molecule has 0 heterocycles. The lowest BCUT2D eigenvalue weighted by Gasteiger charge is -2.15. The molecule has 110 valence electrons. The first kappa shape index (κ1) is 15.0. The highest BCUT2D eigenvalue weighted by atomic mass is 19.1. The summed E-state index contributed by atoms with van der Waals surface area (Å²) in [7, 11) is 0. The fourth-order valence-corrected chi connectivity index (χ4v) is 2.25. The third kappa shape index (κ3) is 4.02. The van der Waals surface area contributed by atoms with Crippen LogP contribution in [0.25, 0.3) is 0 Å². The number of hydrogen-bond acceptors (Lipinski definition) is 3. The molecule has 0 aliphatic rings. The maximum Gasteiger partial charge on any atom is 0.274 e. The van der Waals surface area contributed by atoms with Crippen LogP contribution in [0.3, 0.4) is 0 Å². The van der Waals surface area contributed by atoms with Crippen LogP contribution in [0.2, 0.25) is 0 Å². The molecule has 1 unspecified atom stereocenters. The Balaban J connectivity index is 2.07. The van der Waals surface area contributed by atoms with Crippen molar-refractivity contribution in [3.8, 4) is 0 Å². The van der Waals surface area contributed by atoms with Crippen LogP contribution in [0.4, 0.5) is 15.8 Å². The predicted molar refractivity (Wildman–Crippen MR) is 81.0 cm³/mol. The summed E-state index contributed by atoms with van der Waals surface area (Å²) in [5, 5.41) is 14.1. The van der Waals surface area contributed by atoms with E-state index in [-0.39, 0.29) is 17.5 Å². The highest BCUT2D eigenvalue weighted by Gasteiger charge is 2.12. The number of nitro groups is 1. The van der Waals surface area contributed by atoms with Crippen molar-refractivity contribution in [2.75, 3.05) is 5.32 Å². The van der Waals surface area contributed by atoms with Crippen molar-refractivity contribution in [1.82, 2.24) is 0 Å². The SMILES string of the molecule is Cc1ccc(NC(C)Cc2cccc(F)c2)cc1[N+](=O)[O-]. The molecule has 1 atom stereocenters. The average Bonchev–Trinajstić information content (AvgIpc) is 2.40. The fourth-order valence-electron chi connectivity index (χ4n) is 2.25. The van der Waals surface area contributed by atoms with E-state index in [1.165, 1.54) is 18.2 Å². The zero-order valence-corrected chi connectivity index (χ0v) is 12.0. The monoisotopic (exact) mass is 288 g/mol. The van der Waals surface area contributed by atoms with Gasteiger partial charge in [-0.25, -0.2) is 4.39 Å². The molecule has 1 N–H and O–H groups in total. The van der Waals surface area contributed by atoms with Crippen molar-refractivity contribution in [2.45, 2.75) is 26.3 Å². The van der Waals surface area contributed by atoms with Crippen LogP contribution < -0.4 is 5.32 Å². The number of halogens is 1. The summed E-state index contributed by atoms with van der Waals surface area (Å²) in [5.74, 6) is -0.259. The summed E-state index contributed by atoms with van der Waals surface area (Å²) in [4.78, 5) is 10.5. The Bertz CT molecular complexity index is 658. The minimum Gasteiger partial charge on any atom is -0.382 e. The van der Waals surface area contributed by atoms with E-state index < -0.39 is 4.92 Å². The largest absolute Gasteiger partial charge is 0.382 e. The number of nitrogens with zero attached hydrogens (tertiary/aromatic N) is 1. The highest BCUT2D eigenvalue weighted by Crippen LogP contribution is 2.23. The third-order valence-corrected chi connectivity index (χ3v) is 3.25. The van der Waals surface area contributed by atoms with Gasteiger partial charge in [-0.2, -0.15) is 0 Å². The lowest BCUT2D eigenvalue weighted by atomic mass is 10.1. The second-order valence-electron chi connectivity index (χ2n) is 5.14. The molecule has 0 aliphatic heterocycles. The number of nitro benzene ring substituents is 1. The normalized spacial score (nSPS) is 12.0. The second kappa shape index (κ2) is 6.35. The van der Waals surface area contributed by atoms with Crippen LogP contribution in [0.5, 0.6) is 0 Å². The van der Waals surface area contributed by atoms with E-state index in [1.807, 2.05) is 19.1 Å². The smallest absolute Gasteiger partial charge is 0.274 e. The number of nitrogens with one attached hydrogen (secondary N) is 1. The Morgan fingerprint density at radius 2 is 2.05 bits per heavy atom. The summed E-state index contributed by atoms with van der Waals surface area (Å²) in [6.07, 6.45) is 0.638. The van der Waals surface area contributed by atoms with E-state index in [1.54, 1.807) is 19.1 Å². The van der Waals surface area contributed by atoms with E-state index in [4.69, 9.17) is 0 Å². The molecule has 0 amide bonds. The molecule has 4 nitrogen and oxygen atoms in total. The van der Waals surface area contributed by atoms with Crippen molar-refractivity contribution in [3.05, 3.63) is 69.5 Å². The quantitative estimate of drug-likeness (QED) is 0.666. The third-order valence-electron chi connectivity index (χ3n) is 3.25. The number of benzene rings is 2. The molecule has 0 bridgehead atoms. The zero-order chi connectivity index (χ0) is 15.4. The summed E-state index contributed by atoms with van der Waals surface area (Å²) in [6.45, 7) is 3.66.